The number of nitrogens with zero attached hydrogens (tertiary/aromatic N) is 2. The van der Waals surface area contributed by atoms with Gasteiger partial charge in [-0.2, -0.15) is 4.98 Å². The maximum atomic E-state index is 13.2. The van der Waals surface area contributed by atoms with Crippen molar-refractivity contribution in [1.82, 2.24) is 10.1 Å². The van der Waals surface area contributed by atoms with Crippen LogP contribution in [0, 0.1) is 5.82 Å². The molecule has 0 saturated heterocycles. The molecular formula is C11H12FN3O. The SMILES string of the molecule is CC(C)c1noc(-c2cccc(F)c2N)n1. The normalized spacial score (nSPS) is 11.0. The van der Waals surface area contributed by atoms with Crippen molar-refractivity contribution in [2.45, 2.75) is 19.8 Å². The molecule has 4 nitrogen and oxygen atoms in total. The van der Waals surface area contributed by atoms with Crippen LogP contribution in [0.4, 0.5) is 10.1 Å². The molecule has 0 fully saturated rings. The van der Waals surface area contributed by atoms with E-state index in [9.17, 15) is 4.39 Å². The van der Waals surface area contributed by atoms with E-state index >= 15 is 0 Å². The number of aromatic nitrogens is 2. The van der Waals surface area contributed by atoms with Crippen LogP contribution in [0.1, 0.15) is 25.6 Å². The second-order valence-electron chi connectivity index (χ2n) is 3.81. The number of nitrogens with two attached hydrogens (primary N) is 1. The minimum absolute atomic E-state index is 0.0291. The molecule has 0 unspecified atom stereocenters. The Bertz CT molecular complexity index is 508. The van der Waals surface area contributed by atoms with E-state index in [2.05, 4.69) is 10.1 Å². The summed E-state index contributed by atoms with van der Waals surface area (Å²) in [5.41, 5.74) is 6.06. The van der Waals surface area contributed by atoms with Gasteiger partial charge in [0.15, 0.2) is 5.82 Å². The van der Waals surface area contributed by atoms with Crippen LogP contribution < -0.4 is 5.73 Å². The quantitative estimate of drug-likeness (QED) is 0.791. The Morgan fingerprint density at radius 3 is 2.75 bits per heavy atom. The molecule has 16 heavy (non-hydrogen) atoms. The van der Waals surface area contributed by atoms with Crippen molar-refractivity contribution in [3.8, 4) is 11.5 Å². The topological polar surface area (TPSA) is 64.9 Å². The monoisotopic (exact) mass is 221 g/mol. The molecule has 0 spiro atoms. The third-order valence-electron chi connectivity index (χ3n) is 2.24. The van der Waals surface area contributed by atoms with Gasteiger partial charge in [0.05, 0.1) is 11.3 Å². The summed E-state index contributed by atoms with van der Waals surface area (Å²) in [5, 5.41) is 3.80. The summed E-state index contributed by atoms with van der Waals surface area (Å²) in [5.74, 6) is 0.508. The zero-order valence-electron chi connectivity index (χ0n) is 9.07. The van der Waals surface area contributed by atoms with Crippen molar-refractivity contribution in [1.29, 1.82) is 0 Å². The van der Waals surface area contributed by atoms with Crippen molar-refractivity contribution in [2.75, 3.05) is 5.73 Å². The summed E-state index contributed by atoms with van der Waals surface area (Å²) in [6.45, 7) is 3.90. The molecule has 0 atom stereocenters. The van der Waals surface area contributed by atoms with E-state index in [4.69, 9.17) is 10.3 Å². The maximum Gasteiger partial charge on any atom is 0.260 e. The fourth-order valence-corrected chi connectivity index (χ4v) is 1.30. The van der Waals surface area contributed by atoms with Gasteiger partial charge in [-0.15, -0.1) is 0 Å². The molecule has 0 radical (unpaired) electrons. The average Bonchev–Trinajstić information content (AvgIpc) is 2.71. The lowest BCUT2D eigenvalue weighted by Gasteiger charge is -2.00. The molecule has 1 aromatic heterocycles. The predicted octanol–water partition coefficient (Wildman–Crippen LogP) is 2.58. The van der Waals surface area contributed by atoms with Gasteiger partial charge in [0.25, 0.3) is 5.89 Å². The second kappa shape index (κ2) is 3.92. The van der Waals surface area contributed by atoms with Gasteiger partial charge >= 0.3 is 0 Å². The van der Waals surface area contributed by atoms with E-state index in [1.807, 2.05) is 13.8 Å². The summed E-state index contributed by atoms with van der Waals surface area (Å²) in [7, 11) is 0. The molecule has 84 valence electrons. The largest absolute Gasteiger partial charge is 0.396 e. The predicted molar refractivity (Wildman–Crippen MR) is 58.2 cm³/mol. The third kappa shape index (κ3) is 1.76. The van der Waals surface area contributed by atoms with Crippen LogP contribution in [0.25, 0.3) is 11.5 Å². The molecule has 0 bridgehead atoms. The molecule has 2 aromatic rings. The van der Waals surface area contributed by atoms with Gasteiger partial charge in [0.1, 0.15) is 5.82 Å². The summed E-state index contributed by atoms with van der Waals surface area (Å²) in [6, 6.07) is 4.49. The third-order valence-corrected chi connectivity index (χ3v) is 2.24. The highest BCUT2D eigenvalue weighted by atomic mass is 19.1. The molecule has 1 aromatic carbocycles. The molecule has 0 amide bonds. The highest BCUT2D eigenvalue weighted by Gasteiger charge is 2.15. The zero-order chi connectivity index (χ0) is 11.7. The van der Waals surface area contributed by atoms with E-state index in [0.717, 1.165) is 0 Å². The van der Waals surface area contributed by atoms with Crippen LogP contribution in [0.15, 0.2) is 22.7 Å². The molecule has 2 N–H and O–H groups in total. The van der Waals surface area contributed by atoms with E-state index in [1.54, 1.807) is 12.1 Å². The number of anilines is 1. The molecule has 0 aliphatic carbocycles. The number of hydrogen-bond donors (Lipinski definition) is 1. The Kier molecular flexibility index (Phi) is 2.60. The molecule has 0 aliphatic heterocycles. The second-order valence-corrected chi connectivity index (χ2v) is 3.81. The first kappa shape index (κ1) is 10.6. The van der Waals surface area contributed by atoms with Crippen molar-refractivity contribution in [2.24, 2.45) is 0 Å². The van der Waals surface area contributed by atoms with Crippen LogP contribution in [-0.4, -0.2) is 10.1 Å². The number of benzene rings is 1. The lowest BCUT2D eigenvalue weighted by molar-refractivity contribution is 0.419. The van der Waals surface area contributed by atoms with Crippen LogP contribution >= 0.6 is 0 Å². The lowest BCUT2D eigenvalue weighted by Crippen LogP contribution is -1.94. The van der Waals surface area contributed by atoms with Crippen molar-refractivity contribution < 1.29 is 8.91 Å². The number of hydrogen-bond acceptors (Lipinski definition) is 4. The van der Waals surface area contributed by atoms with Crippen molar-refractivity contribution in [3.63, 3.8) is 0 Å². The number of nitrogen functional groups attached to an aromatic ring is 1. The van der Waals surface area contributed by atoms with Crippen LogP contribution in [0.3, 0.4) is 0 Å². The van der Waals surface area contributed by atoms with Gasteiger partial charge in [-0.05, 0) is 12.1 Å². The van der Waals surface area contributed by atoms with Crippen LogP contribution in [0.5, 0.6) is 0 Å². The van der Waals surface area contributed by atoms with Crippen LogP contribution in [0.2, 0.25) is 0 Å². The standard InChI is InChI=1S/C11H12FN3O/c1-6(2)10-14-11(16-15-10)7-4-3-5-8(12)9(7)13/h3-6H,13H2,1-2H3. The Morgan fingerprint density at radius 2 is 2.12 bits per heavy atom. The molecule has 5 heteroatoms. The number of rotatable bonds is 2. The summed E-state index contributed by atoms with van der Waals surface area (Å²) >= 11 is 0. The molecule has 0 saturated carbocycles. The Balaban J connectivity index is 2.47. The highest BCUT2D eigenvalue weighted by molar-refractivity contribution is 5.70. The smallest absolute Gasteiger partial charge is 0.260 e. The Hall–Kier alpha value is -1.91. The van der Waals surface area contributed by atoms with Crippen LogP contribution in [-0.2, 0) is 0 Å². The fraction of sp³-hybridized carbons (Fsp3) is 0.273. The van der Waals surface area contributed by atoms with Gasteiger partial charge in [0.2, 0.25) is 0 Å². The molecular weight excluding hydrogens is 209 g/mol. The Labute approximate surface area is 92.3 Å². The van der Waals surface area contributed by atoms with Gasteiger partial charge < -0.3 is 10.3 Å². The maximum absolute atomic E-state index is 13.2. The van der Waals surface area contributed by atoms with Crippen molar-refractivity contribution >= 4 is 5.69 Å². The highest BCUT2D eigenvalue weighted by Crippen LogP contribution is 2.27. The van der Waals surface area contributed by atoms with Gasteiger partial charge in [0, 0.05) is 5.92 Å². The van der Waals surface area contributed by atoms with Gasteiger partial charge in [-0.1, -0.05) is 25.1 Å². The molecule has 2 rings (SSSR count). The first-order valence-corrected chi connectivity index (χ1v) is 4.97. The summed E-state index contributed by atoms with van der Waals surface area (Å²) in [6.07, 6.45) is 0. The minimum Gasteiger partial charge on any atom is -0.396 e. The summed E-state index contributed by atoms with van der Waals surface area (Å²) in [4.78, 5) is 4.16. The van der Waals surface area contributed by atoms with Gasteiger partial charge in [-0.25, -0.2) is 4.39 Å². The first-order chi connectivity index (χ1) is 7.59. The van der Waals surface area contributed by atoms with E-state index in [0.29, 0.717) is 11.4 Å². The number of halogens is 1. The lowest BCUT2D eigenvalue weighted by atomic mass is 10.1. The minimum atomic E-state index is -0.484. The summed E-state index contributed by atoms with van der Waals surface area (Å²) < 4.78 is 18.3. The molecule has 1 heterocycles. The van der Waals surface area contributed by atoms with E-state index in [-0.39, 0.29) is 17.5 Å². The van der Waals surface area contributed by atoms with Crippen molar-refractivity contribution in [3.05, 3.63) is 29.8 Å². The average molecular weight is 221 g/mol. The number of para-hydroxylation sites is 1. The first-order valence-electron chi connectivity index (χ1n) is 4.97. The zero-order valence-corrected chi connectivity index (χ0v) is 9.07. The van der Waals surface area contributed by atoms with Gasteiger partial charge in [-0.3, -0.25) is 0 Å². The molecule has 0 aliphatic rings. The Morgan fingerprint density at radius 1 is 1.38 bits per heavy atom. The fourth-order valence-electron chi connectivity index (χ4n) is 1.30. The van der Waals surface area contributed by atoms with E-state index in [1.165, 1.54) is 6.07 Å². The van der Waals surface area contributed by atoms with E-state index < -0.39 is 5.82 Å².